The van der Waals surface area contributed by atoms with E-state index >= 15 is 0 Å². The van der Waals surface area contributed by atoms with Gasteiger partial charge in [-0.25, -0.2) is 24.1 Å². The van der Waals surface area contributed by atoms with Crippen LogP contribution in [0.3, 0.4) is 0 Å². The Morgan fingerprint density at radius 1 is 1.00 bits per heavy atom. The maximum Gasteiger partial charge on any atom is 0.481 e. The van der Waals surface area contributed by atoms with E-state index in [2.05, 4.69) is 19.3 Å². The van der Waals surface area contributed by atoms with Crippen LogP contribution in [0.4, 0.5) is 5.82 Å². The lowest BCUT2D eigenvalue weighted by Gasteiger charge is -2.37. The standard InChI is InChI=1S/C24H37N7O15P2/c1-10(32)4-11-2-3-30(5-12(11)21(26)37)23-18(35)16(33)13(44-23)6-42-47(38,39)46-48(40,41)43-7-14-17(34)19(36)24(45-14)31-9-29-15-20(25)27-8-28-22(15)31/h2-3,8-14,16-19,23-24,32-36H,4-7H2,1H3,(H2,26,37)(H,38,39)(H,40,41)(H2,25,27,28)/t10?,11-,12?,13-,14-,16-,17-,18-,19-,23-,24-/m1/s1. The number of rotatable bonds is 13. The Labute approximate surface area is 271 Å². The van der Waals surface area contributed by atoms with Crippen molar-refractivity contribution in [3.63, 3.8) is 0 Å². The first-order valence-electron chi connectivity index (χ1n) is 14.5. The monoisotopic (exact) mass is 725 g/mol. The van der Waals surface area contributed by atoms with Gasteiger partial charge >= 0.3 is 15.6 Å². The second kappa shape index (κ2) is 14.3. The van der Waals surface area contributed by atoms with Crippen molar-refractivity contribution in [3.8, 4) is 0 Å². The van der Waals surface area contributed by atoms with Gasteiger partial charge in [0.05, 0.1) is 31.6 Å². The number of phosphoric ester groups is 2. The summed E-state index contributed by atoms with van der Waals surface area (Å²) < 4.78 is 51.3. The first kappa shape index (κ1) is 36.6. The molecule has 5 rings (SSSR count). The maximum absolute atomic E-state index is 12.5. The lowest BCUT2D eigenvalue weighted by molar-refractivity contribution is -0.127. The van der Waals surface area contributed by atoms with Gasteiger partial charge in [0.15, 0.2) is 23.9 Å². The summed E-state index contributed by atoms with van der Waals surface area (Å²) in [6.45, 7) is -0.285. The molecule has 5 heterocycles. The van der Waals surface area contributed by atoms with Gasteiger partial charge in [0, 0.05) is 6.54 Å². The fourth-order valence-electron chi connectivity index (χ4n) is 5.71. The number of aromatic nitrogens is 4. The van der Waals surface area contributed by atoms with Crippen LogP contribution in [-0.4, -0.2) is 134 Å². The largest absolute Gasteiger partial charge is 0.481 e. The fourth-order valence-corrected chi connectivity index (χ4v) is 7.80. The van der Waals surface area contributed by atoms with Gasteiger partial charge in [0.25, 0.3) is 0 Å². The molecule has 0 saturated carbocycles. The number of allylic oxidation sites excluding steroid dienone is 1. The van der Waals surface area contributed by atoms with Crippen molar-refractivity contribution in [2.75, 3.05) is 25.5 Å². The van der Waals surface area contributed by atoms with Gasteiger partial charge in [0.2, 0.25) is 5.91 Å². The molecule has 13 atom stereocenters. The molecular formula is C24H37N7O15P2. The molecule has 1 amide bonds. The highest BCUT2D eigenvalue weighted by atomic mass is 31.3. The van der Waals surface area contributed by atoms with Gasteiger partial charge in [-0.2, -0.15) is 4.31 Å². The Hall–Kier alpha value is -2.66. The van der Waals surface area contributed by atoms with Crippen LogP contribution >= 0.6 is 15.6 Å². The normalized spacial score (nSPS) is 35.5. The van der Waals surface area contributed by atoms with E-state index in [1.54, 1.807) is 13.0 Å². The lowest BCUT2D eigenvalue weighted by atomic mass is 9.84. The van der Waals surface area contributed by atoms with Crippen LogP contribution < -0.4 is 11.5 Å². The smallest absolute Gasteiger partial charge is 0.393 e. The second-order valence-corrected chi connectivity index (χ2v) is 14.6. The van der Waals surface area contributed by atoms with Gasteiger partial charge in [-0.1, -0.05) is 6.08 Å². The van der Waals surface area contributed by atoms with E-state index in [4.69, 9.17) is 30.0 Å². The number of hydrogen-bond donors (Lipinski definition) is 9. The van der Waals surface area contributed by atoms with Crippen molar-refractivity contribution in [3.05, 3.63) is 24.9 Å². The minimum atomic E-state index is -5.40. The van der Waals surface area contributed by atoms with E-state index in [0.717, 1.165) is 6.33 Å². The van der Waals surface area contributed by atoms with Crippen LogP contribution in [0, 0.1) is 11.8 Å². The summed E-state index contributed by atoms with van der Waals surface area (Å²) in [7, 11) is -10.8. The first-order chi connectivity index (χ1) is 22.5. The maximum atomic E-state index is 12.5. The number of fused-ring (bicyclic) bond motifs is 1. The number of hydrogen-bond acceptors (Lipinski definition) is 18. The SMILES string of the molecule is CC(O)C[C@H]1C=CN([C@@H]2O[C@H](COP(=O)(O)OP(=O)(O)OC[C@H]3O[C@@H](n4cnc5c(N)ncnc54)[C@H](O)[C@@H]3O)[C@@H](O)[C@H]2O)CC1C(N)=O. The molecule has 4 unspecified atom stereocenters. The van der Waals surface area contributed by atoms with Crippen LogP contribution in [0.1, 0.15) is 19.6 Å². The Kier molecular flexibility index (Phi) is 10.9. The number of aliphatic hydroxyl groups excluding tert-OH is 5. The van der Waals surface area contributed by atoms with Crippen LogP contribution in [0.25, 0.3) is 11.2 Å². The van der Waals surface area contributed by atoms with Crippen LogP contribution in [0.15, 0.2) is 24.9 Å². The topological polar surface area (TPSA) is 338 Å². The van der Waals surface area contributed by atoms with Crippen molar-refractivity contribution in [2.45, 2.75) is 68.5 Å². The number of primary amides is 1. The van der Waals surface area contributed by atoms with Crippen LogP contribution in [0.2, 0.25) is 0 Å². The summed E-state index contributed by atoms with van der Waals surface area (Å²) in [4.78, 5) is 45.5. The average molecular weight is 726 g/mol. The van der Waals surface area contributed by atoms with Gasteiger partial charge < -0.3 is 61.2 Å². The van der Waals surface area contributed by atoms with Crippen molar-refractivity contribution < 1.29 is 72.1 Å². The molecule has 3 aliphatic rings. The van der Waals surface area contributed by atoms with E-state index in [1.807, 2.05) is 0 Å². The summed E-state index contributed by atoms with van der Waals surface area (Å²) in [6.07, 6.45) is -6.91. The molecule has 2 aromatic rings. The number of carbonyl (C=O) groups is 1. The molecule has 2 fully saturated rings. The zero-order valence-electron chi connectivity index (χ0n) is 25.2. The fraction of sp³-hybridized carbons (Fsp3) is 0.667. The highest BCUT2D eigenvalue weighted by Crippen LogP contribution is 2.60. The van der Waals surface area contributed by atoms with Gasteiger partial charge in [-0.05, 0) is 25.5 Å². The number of carbonyl (C=O) groups excluding carboxylic acids is 1. The zero-order valence-corrected chi connectivity index (χ0v) is 27.0. The van der Waals surface area contributed by atoms with E-state index in [9.17, 15) is 49.2 Å². The number of phosphoric acid groups is 2. The van der Waals surface area contributed by atoms with Crippen molar-refractivity contribution in [2.24, 2.45) is 17.6 Å². The molecule has 0 radical (unpaired) electrons. The predicted molar refractivity (Wildman–Crippen MR) is 157 cm³/mol. The molecule has 48 heavy (non-hydrogen) atoms. The van der Waals surface area contributed by atoms with E-state index in [-0.39, 0.29) is 29.9 Å². The third-order valence-corrected chi connectivity index (χ3v) is 10.7. The van der Waals surface area contributed by atoms with Gasteiger partial charge in [-0.3, -0.25) is 18.4 Å². The van der Waals surface area contributed by atoms with Gasteiger partial charge in [-0.15, -0.1) is 0 Å². The average Bonchev–Trinajstić information content (AvgIpc) is 3.65. The molecule has 268 valence electrons. The number of nitrogen functional groups attached to an aromatic ring is 1. The molecule has 11 N–H and O–H groups in total. The number of amides is 1. The Balaban J connectivity index is 1.14. The molecule has 0 bridgehead atoms. The minimum absolute atomic E-state index is 0.0308. The molecule has 2 aromatic heterocycles. The van der Waals surface area contributed by atoms with Gasteiger partial charge in [0.1, 0.15) is 48.5 Å². The van der Waals surface area contributed by atoms with E-state index in [1.165, 1.54) is 22.0 Å². The molecule has 0 aliphatic carbocycles. The number of aliphatic hydroxyl groups is 5. The first-order valence-corrected chi connectivity index (χ1v) is 17.5. The second-order valence-electron chi connectivity index (χ2n) is 11.6. The number of imidazole rings is 1. The van der Waals surface area contributed by atoms with Crippen LogP contribution in [-0.2, 0) is 36.8 Å². The Morgan fingerprint density at radius 2 is 1.58 bits per heavy atom. The molecular weight excluding hydrogens is 688 g/mol. The molecule has 3 aliphatic heterocycles. The molecule has 0 aromatic carbocycles. The predicted octanol–water partition coefficient (Wildman–Crippen LogP) is -2.96. The van der Waals surface area contributed by atoms with Crippen molar-refractivity contribution in [1.29, 1.82) is 0 Å². The number of anilines is 1. The zero-order chi connectivity index (χ0) is 35.1. The number of ether oxygens (including phenoxy) is 2. The molecule has 0 spiro atoms. The Bertz CT molecular complexity index is 1600. The summed E-state index contributed by atoms with van der Waals surface area (Å²) >= 11 is 0. The third-order valence-electron chi connectivity index (χ3n) is 8.10. The van der Waals surface area contributed by atoms with Crippen LogP contribution in [0.5, 0.6) is 0 Å². The molecule has 24 heteroatoms. The lowest BCUT2D eigenvalue weighted by Crippen LogP contribution is -2.49. The minimum Gasteiger partial charge on any atom is -0.393 e. The summed E-state index contributed by atoms with van der Waals surface area (Å²) in [5.41, 5.74) is 11.6. The summed E-state index contributed by atoms with van der Waals surface area (Å²) in [6, 6.07) is 0. The quantitative estimate of drug-likeness (QED) is 0.0931. The number of nitrogens with two attached hydrogens (primary N) is 2. The van der Waals surface area contributed by atoms with E-state index in [0.29, 0.717) is 0 Å². The molecule has 2 saturated heterocycles. The highest BCUT2D eigenvalue weighted by Gasteiger charge is 2.49. The summed E-state index contributed by atoms with van der Waals surface area (Å²) in [5, 5.41) is 51.8. The van der Waals surface area contributed by atoms with Crippen molar-refractivity contribution in [1.82, 2.24) is 24.4 Å². The Morgan fingerprint density at radius 3 is 2.17 bits per heavy atom. The molecule has 22 nitrogen and oxygen atoms in total. The van der Waals surface area contributed by atoms with E-state index < -0.39 is 102 Å². The number of nitrogens with zero attached hydrogens (tertiary/aromatic N) is 5. The third kappa shape index (κ3) is 7.87. The highest BCUT2D eigenvalue weighted by molar-refractivity contribution is 7.61. The van der Waals surface area contributed by atoms with Crippen molar-refractivity contribution >= 4 is 38.5 Å². The summed E-state index contributed by atoms with van der Waals surface area (Å²) in [5.74, 6) is -1.76.